The number of halogens is 2. The molecule has 2 aromatic heterocycles. The summed E-state index contributed by atoms with van der Waals surface area (Å²) < 4.78 is 40.9. The number of methoxy groups -OCH3 is 1. The van der Waals surface area contributed by atoms with E-state index in [0.717, 1.165) is 17.4 Å². The minimum absolute atomic E-state index is 0.195. The molecule has 5 rings (SSSR count). The average Bonchev–Trinajstić information content (AvgIpc) is 3.18. The normalized spacial score (nSPS) is 16.0. The number of para-hydroxylation sites is 1. The zero-order chi connectivity index (χ0) is 24.7. The zero-order valence-corrected chi connectivity index (χ0v) is 19.6. The molecule has 2 aromatic carbocycles. The fourth-order valence-electron chi connectivity index (χ4n) is 4.72. The minimum Gasteiger partial charge on any atom is -0.493 e. The number of nitrogens with zero attached hydrogens (tertiary/aromatic N) is 2. The van der Waals surface area contributed by atoms with Gasteiger partial charge < -0.3 is 14.8 Å². The molecular formula is C27H25F2N3O3. The van der Waals surface area contributed by atoms with Crippen LogP contribution in [0, 0.1) is 18.6 Å². The first-order valence-corrected chi connectivity index (χ1v) is 11.4. The van der Waals surface area contributed by atoms with Crippen molar-refractivity contribution in [3.8, 4) is 16.9 Å². The molecule has 8 heteroatoms. The number of amides is 1. The number of ether oxygens (including phenoxy) is 2. The van der Waals surface area contributed by atoms with E-state index in [4.69, 9.17) is 9.47 Å². The summed E-state index contributed by atoms with van der Waals surface area (Å²) in [6.07, 6.45) is 0.175. The molecule has 1 aliphatic heterocycles. The maximum absolute atomic E-state index is 14.0. The predicted molar refractivity (Wildman–Crippen MR) is 127 cm³/mol. The largest absolute Gasteiger partial charge is 0.493 e. The number of rotatable bonds is 5. The van der Waals surface area contributed by atoms with Crippen LogP contribution in [0.1, 0.15) is 52.8 Å². The first-order valence-electron chi connectivity index (χ1n) is 11.4. The number of hydrogen-bond acceptors (Lipinski definition) is 4. The highest BCUT2D eigenvalue weighted by Crippen LogP contribution is 2.34. The highest BCUT2D eigenvalue weighted by Gasteiger charge is 2.27. The monoisotopic (exact) mass is 477 g/mol. The van der Waals surface area contributed by atoms with Crippen molar-refractivity contribution < 1.29 is 23.0 Å². The molecule has 1 N–H and O–H groups in total. The Morgan fingerprint density at radius 2 is 1.91 bits per heavy atom. The summed E-state index contributed by atoms with van der Waals surface area (Å²) in [4.78, 5) is 13.5. The Morgan fingerprint density at radius 1 is 1.17 bits per heavy atom. The van der Waals surface area contributed by atoms with Crippen LogP contribution in [-0.4, -0.2) is 29.2 Å². The van der Waals surface area contributed by atoms with Crippen molar-refractivity contribution in [1.82, 2.24) is 14.9 Å². The van der Waals surface area contributed by atoms with Crippen LogP contribution in [0.5, 0.6) is 5.75 Å². The van der Waals surface area contributed by atoms with Crippen molar-refractivity contribution in [3.63, 3.8) is 0 Å². The van der Waals surface area contributed by atoms with E-state index in [1.807, 2.05) is 31.2 Å². The van der Waals surface area contributed by atoms with E-state index in [-0.39, 0.29) is 11.9 Å². The summed E-state index contributed by atoms with van der Waals surface area (Å²) in [5, 5.41) is 7.76. The van der Waals surface area contributed by atoms with Crippen molar-refractivity contribution in [2.75, 3.05) is 13.7 Å². The van der Waals surface area contributed by atoms with Gasteiger partial charge in [0.1, 0.15) is 17.4 Å². The number of benzene rings is 2. The molecule has 6 nitrogen and oxygen atoms in total. The molecule has 0 saturated carbocycles. The van der Waals surface area contributed by atoms with Crippen LogP contribution in [0.25, 0.3) is 16.6 Å². The molecule has 0 radical (unpaired) electrons. The van der Waals surface area contributed by atoms with Crippen molar-refractivity contribution in [1.29, 1.82) is 0 Å². The van der Waals surface area contributed by atoms with E-state index >= 15 is 0 Å². The fourth-order valence-corrected chi connectivity index (χ4v) is 4.72. The van der Waals surface area contributed by atoms with Crippen LogP contribution < -0.4 is 10.1 Å². The van der Waals surface area contributed by atoms with Gasteiger partial charge in [-0.2, -0.15) is 5.10 Å². The molecule has 4 aromatic rings. The number of aryl methyl sites for hydroxylation is 1. The predicted octanol–water partition coefficient (Wildman–Crippen LogP) is 5.55. The molecule has 2 atom stereocenters. The van der Waals surface area contributed by atoms with Gasteiger partial charge >= 0.3 is 0 Å². The highest BCUT2D eigenvalue weighted by atomic mass is 19.1. The molecule has 1 aliphatic rings. The molecule has 0 bridgehead atoms. The Balaban J connectivity index is 1.60. The van der Waals surface area contributed by atoms with Gasteiger partial charge in [0.25, 0.3) is 5.91 Å². The SMILES string of the molecule is COC(C)c1c(C(=O)N[C@H]2CCOc3ccccc32)ccc2c(-c3cc(F)cc(F)c3)c(C)nn12. The third-order valence-corrected chi connectivity index (χ3v) is 6.41. The summed E-state index contributed by atoms with van der Waals surface area (Å²) >= 11 is 0. The first kappa shape index (κ1) is 23.0. The molecule has 0 spiro atoms. The third kappa shape index (κ3) is 4.14. The van der Waals surface area contributed by atoms with Crippen molar-refractivity contribution in [3.05, 3.63) is 88.7 Å². The van der Waals surface area contributed by atoms with Crippen LogP contribution in [0.4, 0.5) is 8.78 Å². The van der Waals surface area contributed by atoms with Crippen molar-refractivity contribution in [2.24, 2.45) is 0 Å². The number of fused-ring (bicyclic) bond motifs is 2. The zero-order valence-electron chi connectivity index (χ0n) is 19.6. The Labute approximate surface area is 201 Å². The number of carbonyl (C=O) groups is 1. The Bertz CT molecular complexity index is 1410. The summed E-state index contributed by atoms with van der Waals surface area (Å²) in [5.74, 6) is -0.840. The van der Waals surface area contributed by atoms with Gasteiger partial charge in [0.2, 0.25) is 0 Å². The number of carbonyl (C=O) groups excluding carboxylic acids is 1. The quantitative estimate of drug-likeness (QED) is 0.409. The van der Waals surface area contributed by atoms with Gasteiger partial charge in [0.05, 0.1) is 41.2 Å². The van der Waals surface area contributed by atoms with Gasteiger partial charge in [-0.15, -0.1) is 0 Å². The van der Waals surface area contributed by atoms with Gasteiger partial charge in [0.15, 0.2) is 0 Å². The molecule has 0 aliphatic carbocycles. The summed E-state index contributed by atoms with van der Waals surface area (Å²) in [6.45, 7) is 4.10. The molecule has 0 fully saturated rings. The van der Waals surface area contributed by atoms with Crippen LogP contribution in [0.3, 0.4) is 0 Å². The highest BCUT2D eigenvalue weighted by molar-refractivity contribution is 5.97. The van der Waals surface area contributed by atoms with Crippen molar-refractivity contribution >= 4 is 11.4 Å². The lowest BCUT2D eigenvalue weighted by Crippen LogP contribution is -2.33. The second-order valence-corrected chi connectivity index (χ2v) is 8.63. The maximum atomic E-state index is 14.0. The molecular weight excluding hydrogens is 452 g/mol. The van der Waals surface area contributed by atoms with Crippen LogP contribution in [0.15, 0.2) is 54.6 Å². The molecule has 1 unspecified atom stereocenters. The second kappa shape index (κ2) is 9.11. The van der Waals surface area contributed by atoms with E-state index in [9.17, 15) is 13.6 Å². The van der Waals surface area contributed by atoms with Crippen LogP contribution in [0.2, 0.25) is 0 Å². The summed E-state index contributed by atoms with van der Waals surface area (Å²) in [6, 6.07) is 14.3. The number of hydrogen-bond donors (Lipinski definition) is 1. The number of pyridine rings is 1. The molecule has 180 valence electrons. The van der Waals surface area contributed by atoms with E-state index < -0.39 is 17.7 Å². The number of aromatic nitrogens is 2. The number of nitrogens with one attached hydrogen (secondary N) is 1. The van der Waals surface area contributed by atoms with Gasteiger partial charge in [-0.25, -0.2) is 13.3 Å². The lowest BCUT2D eigenvalue weighted by molar-refractivity contribution is 0.0898. The first-order chi connectivity index (χ1) is 16.9. The van der Waals surface area contributed by atoms with Gasteiger partial charge in [-0.05, 0) is 49.7 Å². The molecule has 3 heterocycles. The summed E-state index contributed by atoms with van der Waals surface area (Å²) in [7, 11) is 1.55. The van der Waals surface area contributed by atoms with E-state index in [1.165, 1.54) is 12.1 Å². The van der Waals surface area contributed by atoms with E-state index in [1.54, 1.807) is 30.7 Å². The summed E-state index contributed by atoms with van der Waals surface area (Å²) in [5.41, 5.74) is 4.07. The fraction of sp³-hybridized carbons (Fsp3) is 0.259. The van der Waals surface area contributed by atoms with Crippen molar-refractivity contribution in [2.45, 2.75) is 32.4 Å². The maximum Gasteiger partial charge on any atom is 0.253 e. The Kier molecular flexibility index (Phi) is 5.98. The molecule has 1 amide bonds. The van der Waals surface area contributed by atoms with Gasteiger partial charge in [0, 0.05) is 30.7 Å². The van der Waals surface area contributed by atoms with Gasteiger partial charge in [-0.3, -0.25) is 4.79 Å². The third-order valence-electron chi connectivity index (χ3n) is 6.41. The van der Waals surface area contributed by atoms with E-state index in [0.29, 0.717) is 46.6 Å². The Hall–Kier alpha value is -3.78. The lowest BCUT2D eigenvalue weighted by Gasteiger charge is -2.27. The molecule has 35 heavy (non-hydrogen) atoms. The topological polar surface area (TPSA) is 64.9 Å². The minimum atomic E-state index is -0.669. The standard InChI is InChI=1S/C27H25F2N3O3/c1-15-25(17-12-18(28)14-19(29)13-17)23-9-8-21(26(16(2)34-3)32(23)31-15)27(33)30-22-10-11-35-24-7-5-4-6-20(22)24/h4-9,12-14,16,22H,10-11H2,1-3H3,(H,30,33)/t16?,22-/m0/s1. The molecule has 0 saturated heterocycles. The van der Waals surface area contributed by atoms with Crippen LogP contribution in [-0.2, 0) is 4.74 Å². The van der Waals surface area contributed by atoms with Gasteiger partial charge in [-0.1, -0.05) is 18.2 Å². The van der Waals surface area contributed by atoms with Crippen LogP contribution >= 0.6 is 0 Å². The second-order valence-electron chi connectivity index (χ2n) is 8.63. The Morgan fingerprint density at radius 3 is 2.66 bits per heavy atom. The smallest absolute Gasteiger partial charge is 0.253 e. The van der Waals surface area contributed by atoms with E-state index in [2.05, 4.69) is 10.4 Å². The average molecular weight is 478 g/mol. The lowest BCUT2D eigenvalue weighted by atomic mass is 9.99.